The fourth-order valence-corrected chi connectivity index (χ4v) is 4.21. The maximum atomic E-state index is 12.5. The molecule has 108 valence electrons. The Balaban J connectivity index is 2.06. The molecule has 0 aromatic heterocycles. The standard InChI is InChI=1S/C19H14O2S/c20-22-18-14-8-7-13-17(18)19(21-22,15-9-3-1-4-10-15)16-11-5-2-6-12-16/h1-14H. The second-order valence-electron chi connectivity index (χ2n) is 5.23. The summed E-state index contributed by atoms with van der Waals surface area (Å²) in [5.41, 5.74) is 2.11. The molecule has 0 saturated heterocycles. The molecule has 0 fully saturated rings. The summed E-state index contributed by atoms with van der Waals surface area (Å²) in [7, 11) is 0. The van der Waals surface area contributed by atoms with E-state index >= 15 is 0 Å². The molecular weight excluding hydrogens is 292 g/mol. The molecule has 1 atom stereocenters. The van der Waals surface area contributed by atoms with Gasteiger partial charge in [-0.05, 0) is 17.2 Å². The first-order valence-electron chi connectivity index (χ1n) is 7.14. The molecule has 1 aliphatic heterocycles. The van der Waals surface area contributed by atoms with Gasteiger partial charge in [0.2, 0.25) is 0 Å². The maximum Gasteiger partial charge on any atom is 0.191 e. The van der Waals surface area contributed by atoms with Crippen LogP contribution in [0.3, 0.4) is 0 Å². The molecule has 3 aromatic carbocycles. The summed E-state index contributed by atoms with van der Waals surface area (Å²) in [6.07, 6.45) is 0. The minimum Gasteiger partial charge on any atom is -0.265 e. The van der Waals surface area contributed by atoms with Gasteiger partial charge in [0.15, 0.2) is 16.7 Å². The first kappa shape index (κ1) is 13.4. The first-order valence-corrected chi connectivity index (χ1v) is 8.22. The normalized spacial score (nSPS) is 18.8. The van der Waals surface area contributed by atoms with Crippen LogP contribution in [-0.4, -0.2) is 4.21 Å². The van der Waals surface area contributed by atoms with E-state index < -0.39 is 16.7 Å². The van der Waals surface area contributed by atoms with Crippen LogP contribution in [0.25, 0.3) is 0 Å². The van der Waals surface area contributed by atoms with Gasteiger partial charge in [-0.2, -0.15) is 0 Å². The molecule has 0 bridgehead atoms. The lowest BCUT2D eigenvalue weighted by molar-refractivity contribution is 0.193. The second kappa shape index (κ2) is 5.20. The highest BCUT2D eigenvalue weighted by atomic mass is 32.2. The van der Waals surface area contributed by atoms with E-state index in [2.05, 4.69) is 0 Å². The van der Waals surface area contributed by atoms with Gasteiger partial charge in [-0.15, -0.1) is 0 Å². The molecule has 0 N–H and O–H groups in total. The van der Waals surface area contributed by atoms with Gasteiger partial charge in [-0.25, -0.2) is 4.21 Å². The number of benzene rings is 3. The quantitative estimate of drug-likeness (QED) is 0.714. The Kier molecular flexibility index (Phi) is 3.17. The van der Waals surface area contributed by atoms with Crippen molar-refractivity contribution in [3.05, 3.63) is 102 Å². The molecule has 0 saturated carbocycles. The molecule has 3 aromatic rings. The smallest absolute Gasteiger partial charge is 0.191 e. The van der Waals surface area contributed by atoms with E-state index in [1.165, 1.54) is 0 Å². The highest BCUT2D eigenvalue weighted by Crippen LogP contribution is 2.48. The molecule has 0 radical (unpaired) electrons. The second-order valence-corrected chi connectivity index (χ2v) is 6.30. The van der Waals surface area contributed by atoms with Gasteiger partial charge < -0.3 is 0 Å². The van der Waals surface area contributed by atoms with E-state index in [0.717, 1.165) is 21.6 Å². The highest BCUT2D eigenvalue weighted by molar-refractivity contribution is 7.80. The zero-order valence-corrected chi connectivity index (χ0v) is 12.6. The molecule has 22 heavy (non-hydrogen) atoms. The Morgan fingerprint density at radius 2 is 1.18 bits per heavy atom. The molecule has 1 heterocycles. The lowest BCUT2D eigenvalue weighted by Gasteiger charge is -2.29. The summed E-state index contributed by atoms with van der Waals surface area (Å²) in [5, 5.41) is 0. The van der Waals surface area contributed by atoms with E-state index in [-0.39, 0.29) is 0 Å². The van der Waals surface area contributed by atoms with Crippen LogP contribution in [0.2, 0.25) is 0 Å². The number of hydrogen-bond acceptors (Lipinski definition) is 2. The van der Waals surface area contributed by atoms with Crippen molar-refractivity contribution in [1.82, 2.24) is 0 Å². The van der Waals surface area contributed by atoms with Crippen LogP contribution in [0.15, 0.2) is 89.8 Å². The van der Waals surface area contributed by atoms with E-state index in [9.17, 15) is 4.21 Å². The molecule has 0 spiro atoms. The number of rotatable bonds is 2. The molecular formula is C19H14O2S. The van der Waals surface area contributed by atoms with Crippen molar-refractivity contribution in [1.29, 1.82) is 0 Å². The minimum atomic E-state index is -1.47. The molecule has 0 aliphatic carbocycles. The molecule has 3 heteroatoms. The first-order chi connectivity index (χ1) is 10.8. The zero-order chi connectivity index (χ0) is 15.0. The lowest BCUT2D eigenvalue weighted by Crippen LogP contribution is -2.28. The molecule has 1 aliphatic rings. The third-order valence-electron chi connectivity index (χ3n) is 4.01. The van der Waals surface area contributed by atoms with Crippen LogP contribution >= 0.6 is 0 Å². The lowest BCUT2D eigenvalue weighted by atomic mass is 9.80. The van der Waals surface area contributed by atoms with Crippen LogP contribution in [0, 0.1) is 0 Å². The molecule has 2 nitrogen and oxygen atoms in total. The third-order valence-corrected chi connectivity index (χ3v) is 5.12. The van der Waals surface area contributed by atoms with Crippen LogP contribution in [-0.2, 0) is 20.9 Å². The molecule has 1 unspecified atom stereocenters. The van der Waals surface area contributed by atoms with E-state index in [1.807, 2.05) is 84.9 Å². The van der Waals surface area contributed by atoms with Gasteiger partial charge in [0.1, 0.15) is 0 Å². The number of fused-ring (bicyclic) bond motifs is 1. The summed E-state index contributed by atoms with van der Waals surface area (Å²) in [5.74, 6) is 0. The Morgan fingerprint density at radius 3 is 1.77 bits per heavy atom. The summed E-state index contributed by atoms with van der Waals surface area (Å²) >= 11 is -1.47. The van der Waals surface area contributed by atoms with Crippen molar-refractivity contribution < 1.29 is 8.39 Å². The highest BCUT2D eigenvalue weighted by Gasteiger charge is 2.47. The van der Waals surface area contributed by atoms with Gasteiger partial charge in [0, 0.05) is 5.56 Å². The van der Waals surface area contributed by atoms with Gasteiger partial charge >= 0.3 is 0 Å². The Morgan fingerprint density at radius 1 is 0.682 bits per heavy atom. The maximum absolute atomic E-state index is 12.5. The topological polar surface area (TPSA) is 26.3 Å². The summed E-state index contributed by atoms with van der Waals surface area (Å²) in [6, 6.07) is 27.7. The Hall–Kier alpha value is -2.23. The zero-order valence-electron chi connectivity index (χ0n) is 11.8. The predicted molar refractivity (Wildman–Crippen MR) is 86.7 cm³/mol. The van der Waals surface area contributed by atoms with Crippen molar-refractivity contribution in [2.75, 3.05) is 0 Å². The Labute approximate surface area is 132 Å². The van der Waals surface area contributed by atoms with Crippen molar-refractivity contribution in [2.45, 2.75) is 10.5 Å². The SMILES string of the molecule is O=S1OC(c2ccccc2)(c2ccccc2)c2ccccc21. The van der Waals surface area contributed by atoms with Gasteiger partial charge in [0.05, 0.1) is 4.90 Å². The van der Waals surface area contributed by atoms with Gasteiger partial charge in [0.25, 0.3) is 0 Å². The van der Waals surface area contributed by atoms with Crippen molar-refractivity contribution in [3.63, 3.8) is 0 Å². The van der Waals surface area contributed by atoms with Crippen LogP contribution in [0.1, 0.15) is 16.7 Å². The average Bonchev–Trinajstić information content (AvgIpc) is 2.91. The summed E-state index contributed by atoms with van der Waals surface area (Å²) in [4.78, 5) is 0.746. The van der Waals surface area contributed by atoms with Crippen molar-refractivity contribution >= 4 is 11.1 Å². The third kappa shape index (κ3) is 1.86. The molecule has 0 amide bonds. The summed E-state index contributed by atoms with van der Waals surface area (Å²) < 4.78 is 18.6. The predicted octanol–water partition coefficient (Wildman–Crippen LogP) is 4.03. The van der Waals surface area contributed by atoms with Crippen LogP contribution < -0.4 is 0 Å². The van der Waals surface area contributed by atoms with Gasteiger partial charge in [-0.3, -0.25) is 4.18 Å². The van der Waals surface area contributed by atoms with Crippen molar-refractivity contribution in [3.8, 4) is 0 Å². The fourth-order valence-electron chi connectivity index (χ4n) is 3.03. The number of hydrogen-bond donors (Lipinski definition) is 0. The molecule has 4 rings (SSSR count). The fraction of sp³-hybridized carbons (Fsp3) is 0.0526. The van der Waals surface area contributed by atoms with E-state index in [4.69, 9.17) is 4.18 Å². The van der Waals surface area contributed by atoms with Crippen molar-refractivity contribution in [2.24, 2.45) is 0 Å². The Bertz CT molecular complexity index is 789. The minimum absolute atomic E-state index is 0.746. The summed E-state index contributed by atoms with van der Waals surface area (Å²) in [6.45, 7) is 0. The van der Waals surface area contributed by atoms with Crippen LogP contribution in [0.4, 0.5) is 0 Å². The van der Waals surface area contributed by atoms with E-state index in [1.54, 1.807) is 0 Å². The largest absolute Gasteiger partial charge is 0.265 e. The van der Waals surface area contributed by atoms with Crippen LogP contribution in [0.5, 0.6) is 0 Å². The monoisotopic (exact) mass is 306 g/mol. The average molecular weight is 306 g/mol. The van der Waals surface area contributed by atoms with Gasteiger partial charge in [-0.1, -0.05) is 78.9 Å². The van der Waals surface area contributed by atoms with E-state index in [0.29, 0.717) is 0 Å².